The molecule has 0 atom stereocenters. The summed E-state index contributed by atoms with van der Waals surface area (Å²) in [5, 5.41) is 15.3. The Balaban J connectivity index is 1.74. The average Bonchev–Trinajstić information content (AvgIpc) is 3.41. The van der Waals surface area contributed by atoms with Gasteiger partial charge in [-0.3, -0.25) is 4.98 Å². The molecule has 0 amide bonds. The van der Waals surface area contributed by atoms with Crippen molar-refractivity contribution in [2.75, 3.05) is 11.4 Å². The molecule has 0 aliphatic heterocycles. The Bertz CT molecular complexity index is 1760. The molecule has 0 N–H and O–H groups in total. The van der Waals surface area contributed by atoms with E-state index in [1.54, 1.807) is 37.5 Å². The Morgan fingerprint density at radius 3 is 2.59 bits per heavy atom. The average molecular weight is 515 g/mol. The zero-order chi connectivity index (χ0) is 26.2. The molecule has 0 radical (unpaired) electrons. The SMILES string of the molecule is COc1cc(-c2cc(C)cc(F)c2)c(C#N)cc1N(c1ccon1)S(=O)(=O)c1ccc2cnccc2c1. The lowest BCUT2D eigenvalue weighted by atomic mass is 9.97. The van der Waals surface area contributed by atoms with Crippen molar-refractivity contribution in [2.24, 2.45) is 0 Å². The van der Waals surface area contributed by atoms with Crippen molar-refractivity contribution in [3.63, 3.8) is 0 Å². The number of anilines is 2. The number of hydrogen-bond acceptors (Lipinski definition) is 7. The first-order chi connectivity index (χ1) is 17.8. The van der Waals surface area contributed by atoms with E-state index in [1.165, 1.54) is 55.8 Å². The summed E-state index contributed by atoms with van der Waals surface area (Å²) in [6.45, 7) is 1.74. The number of ether oxygens (including phenoxy) is 1. The molecule has 5 aromatic rings. The second-order valence-electron chi connectivity index (χ2n) is 8.21. The predicted molar refractivity (Wildman–Crippen MR) is 135 cm³/mol. The van der Waals surface area contributed by atoms with Crippen LogP contribution in [-0.4, -0.2) is 25.7 Å². The molecule has 8 nitrogen and oxygen atoms in total. The molecule has 5 rings (SSSR count). The van der Waals surface area contributed by atoms with E-state index in [4.69, 9.17) is 9.26 Å². The number of aryl methyl sites for hydroxylation is 1. The van der Waals surface area contributed by atoms with E-state index in [9.17, 15) is 18.1 Å². The number of nitriles is 1. The topological polar surface area (TPSA) is 109 Å². The molecule has 10 heteroatoms. The lowest BCUT2D eigenvalue weighted by molar-refractivity contribution is 0.414. The zero-order valence-electron chi connectivity index (χ0n) is 19.7. The highest BCUT2D eigenvalue weighted by atomic mass is 32.2. The first-order valence-electron chi connectivity index (χ1n) is 11.0. The molecule has 0 saturated heterocycles. The van der Waals surface area contributed by atoms with Crippen LogP contribution in [0, 0.1) is 24.1 Å². The molecule has 2 aromatic heterocycles. The number of methoxy groups -OCH3 is 1. The summed E-state index contributed by atoms with van der Waals surface area (Å²) in [6.07, 6.45) is 4.45. The predicted octanol–water partition coefficient (Wildman–Crippen LogP) is 5.74. The van der Waals surface area contributed by atoms with Gasteiger partial charge in [0.15, 0.2) is 5.82 Å². The maximum absolute atomic E-state index is 14.2. The lowest BCUT2D eigenvalue weighted by Gasteiger charge is -2.24. The van der Waals surface area contributed by atoms with E-state index >= 15 is 0 Å². The van der Waals surface area contributed by atoms with Crippen molar-refractivity contribution in [3.05, 3.63) is 96.3 Å². The van der Waals surface area contributed by atoms with E-state index in [0.29, 0.717) is 22.1 Å². The van der Waals surface area contributed by atoms with Gasteiger partial charge in [-0.15, -0.1) is 0 Å². The van der Waals surface area contributed by atoms with E-state index < -0.39 is 15.8 Å². The maximum atomic E-state index is 14.2. The van der Waals surface area contributed by atoms with Gasteiger partial charge in [-0.2, -0.15) is 5.26 Å². The van der Waals surface area contributed by atoms with Gasteiger partial charge in [0, 0.05) is 29.4 Å². The van der Waals surface area contributed by atoms with Crippen LogP contribution in [0.4, 0.5) is 15.9 Å². The van der Waals surface area contributed by atoms with Crippen LogP contribution in [0.5, 0.6) is 5.75 Å². The van der Waals surface area contributed by atoms with Crippen LogP contribution in [0.2, 0.25) is 0 Å². The van der Waals surface area contributed by atoms with Crippen molar-refractivity contribution in [1.82, 2.24) is 10.1 Å². The maximum Gasteiger partial charge on any atom is 0.270 e. The molecule has 184 valence electrons. The fourth-order valence-corrected chi connectivity index (χ4v) is 5.60. The van der Waals surface area contributed by atoms with Gasteiger partial charge in [0.1, 0.15) is 23.5 Å². The Hall–Kier alpha value is -4.75. The molecular weight excluding hydrogens is 495 g/mol. The van der Waals surface area contributed by atoms with E-state index in [0.717, 1.165) is 9.69 Å². The standard InChI is InChI=1S/C27H19FN4O4S/c1-17-9-20(11-22(28)10-17)24-14-26(35-2)25(13-21(24)15-29)32(27-6-8-36-31-27)37(33,34)23-4-3-19-16-30-7-5-18(19)12-23/h3-14,16H,1-2H3. The van der Waals surface area contributed by atoms with Gasteiger partial charge in [-0.1, -0.05) is 17.3 Å². The second-order valence-corrected chi connectivity index (χ2v) is 10.00. The fraction of sp³-hybridized carbons (Fsp3) is 0.0741. The minimum atomic E-state index is -4.28. The summed E-state index contributed by atoms with van der Waals surface area (Å²) >= 11 is 0. The van der Waals surface area contributed by atoms with Gasteiger partial charge in [0.05, 0.1) is 23.6 Å². The fourth-order valence-electron chi connectivity index (χ4n) is 4.13. The number of fused-ring (bicyclic) bond motifs is 1. The number of halogens is 1. The Morgan fingerprint density at radius 2 is 1.89 bits per heavy atom. The molecule has 0 aliphatic rings. The van der Waals surface area contributed by atoms with Crippen molar-refractivity contribution in [3.8, 4) is 22.9 Å². The molecule has 0 spiro atoms. The summed E-state index contributed by atoms with van der Waals surface area (Å²) in [5.41, 5.74) is 1.67. The Kier molecular flexibility index (Phi) is 6.07. The third-order valence-electron chi connectivity index (χ3n) is 5.79. The molecule has 3 aromatic carbocycles. The van der Waals surface area contributed by atoms with Crippen molar-refractivity contribution >= 4 is 32.3 Å². The van der Waals surface area contributed by atoms with Crippen LogP contribution in [0.15, 0.2) is 88.7 Å². The summed E-state index contributed by atoms with van der Waals surface area (Å²) in [4.78, 5) is 4.05. The van der Waals surface area contributed by atoms with Crippen LogP contribution in [0.1, 0.15) is 11.1 Å². The monoisotopic (exact) mass is 514 g/mol. The molecule has 0 unspecified atom stereocenters. The normalized spacial score (nSPS) is 11.3. The van der Waals surface area contributed by atoms with E-state index in [-0.39, 0.29) is 27.7 Å². The highest BCUT2D eigenvalue weighted by Gasteiger charge is 2.32. The minimum absolute atomic E-state index is 0.0143. The summed E-state index contributed by atoms with van der Waals surface area (Å²) in [5.74, 6) is -0.362. The largest absolute Gasteiger partial charge is 0.495 e. The second kappa shape index (κ2) is 9.37. The lowest BCUT2D eigenvalue weighted by Crippen LogP contribution is -2.27. The van der Waals surface area contributed by atoms with Crippen molar-refractivity contribution < 1.29 is 22.1 Å². The number of nitrogens with zero attached hydrogens (tertiary/aromatic N) is 4. The molecule has 0 fully saturated rings. The summed E-state index contributed by atoms with van der Waals surface area (Å²) < 4.78 is 53.7. The molecule has 2 heterocycles. The van der Waals surface area contributed by atoms with E-state index in [2.05, 4.69) is 16.2 Å². The number of hydrogen-bond donors (Lipinski definition) is 0. The summed E-state index contributed by atoms with van der Waals surface area (Å²) in [6, 6.07) is 17.1. The molecule has 0 saturated carbocycles. The van der Waals surface area contributed by atoms with Crippen molar-refractivity contribution in [2.45, 2.75) is 11.8 Å². The third kappa shape index (κ3) is 4.37. The number of sulfonamides is 1. The molecule has 0 aliphatic carbocycles. The van der Waals surface area contributed by atoms with E-state index in [1.807, 2.05) is 0 Å². The highest BCUT2D eigenvalue weighted by Crippen LogP contribution is 2.42. The van der Waals surface area contributed by atoms with Crippen LogP contribution >= 0.6 is 0 Å². The van der Waals surface area contributed by atoms with Crippen LogP contribution in [-0.2, 0) is 10.0 Å². The zero-order valence-corrected chi connectivity index (χ0v) is 20.5. The first-order valence-corrected chi connectivity index (χ1v) is 12.4. The smallest absolute Gasteiger partial charge is 0.270 e. The summed E-state index contributed by atoms with van der Waals surface area (Å²) in [7, 11) is -2.90. The molecular formula is C27H19FN4O4S. The van der Waals surface area contributed by atoms with Gasteiger partial charge >= 0.3 is 0 Å². The third-order valence-corrected chi connectivity index (χ3v) is 7.51. The molecule has 0 bridgehead atoms. The first kappa shape index (κ1) is 24.0. The van der Waals surface area contributed by atoms with Crippen molar-refractivity contribution in [1.29, 1.82) is 5.26 Å². The Morgan fingerprint density at radius 1 is 1.05 bits per heavy atom. The Labute approximate surface area is 212 Å². The number of aromatic nitrogens is 2. The number of rotatable bonds is 6. The van der Waals surface area contributed by atoms with Gasteiger partial charge < -0.3 is 9.26 Å². The minimum Gasteiger partial charge on any atom is -0.495 e. The quantitative estimate of drug-likeness (QED) is 0.284. The number of benzene rings is 3. The molecule has 37 heavy (non-hydrogen) atoms. The van der Waals surface area contributed by atoms with Crippen LogP contribution in [0.3, 0.4) is 0 Å². The van der Waals surface area contributed by atoms with Crippen LogP contribution < -0.4 is 9.04 Å². The highest BCUT2D eigenvalue weighted by molar-refractivity contribution is 7.93. The van der Waals surface area contributed by atoms with Crippen LogP contribution in [0.25, 0.3) is 21.9 Å². The van der Waals surface area contributed by atoms with Gasteiger partial charge in [0.25, 0.3) is 10.0 Å². The van der Waals surface area contributed by atoms with Gasteiger partial charge in [-0.25, -0.2) is 17.1 Å². The van der Waals surface area contributed by atoms with Gasteiger partial charge in [-0.05, 0) is 65.9 Å². The number of pyridine rings is 1. The van der Waals surface area contributed by atoms with Gasteiger partial charge in [0.2, 0.25) is 0 Å².